The summed E-state index contributed by atoms with van der Waals surface area (Å²) < 4.78 is 40.5. The molecule has 0 saturated carbocycles. The highest BCUT2D eigenvalue weighted by Gasteiger charge is 2.27. The first-order valence-electron chi connectivity index (χ1n) is 6.37. The molecule has 19 heavy (non-hydrogen) atoms. The van der Waals surface area contributed by atoms with Gasteiger partial charge in [-0.25, -0.2) is 0 Å². The van der Waals surface area contributed by atoms with Crippen LogP contribution in [0.1, 0.15) is 18.4 Å². The minimum absolute atomic E-state index is 0.0361. The van der Waals surface area contributed by atoms with Gasteiger partial charge in [0.25, 0.3) is 0 Å². The smallest absolute Gasteiger partial charge is 0.370 e. The lowest BCUT2D eigenvalue weighted by Gasteiger charge is -2.17. The van der Waals surface area contributed by atoms with Crippen molar-refractivity contribution < 1.29 is 17.9 Å². The molecule has 0 saturated heterocycles. The van der Waals surface area contributed by atoms with Gasteiger partial charge in [-0.3, -0.25) is 0 Å². The summed E-state index contributed by atoms with van der Waals surface area (Å²) >= 11 is 0. The van der Waals surface area contributed by atoms with Crippen molar-refractivity contribution in [3.63, 3.8) is 0 Å². The van der Waals surface area contributed by atoms with Crippen molar-refractivity contribution in [1.82, 2.24) is 5.32 Å². The van der Waals surface area contributed by atoms with Crippen molar-refractivity contribution in [2.24, 2.45) is 0 Å². The van der Waals surface area contributed by atoms with Gasteiger partial charge in [0.15, 0.2) is 0 Å². The Bertz CT molecular complexity index is 340. The fourth-order valence-corrected chi connectivity index (χ4v) is 1.83. The predicted octanol–water partition coefficient (Wildman–Crippen LogP) is 3.18. The molecule has 0 aliphatic carbocycles. The second-order valence-corrected chi connectivity index (χ2v) is 4.49. The van der Waals surface area contributed by atoms with E-state index in [9.17, 15) is 13.2 Å². The topological polar surface area (TPSA) is 21.3 Å². The molecule has 2 nitrogen and oxygen atoms in total. The lowest BCUT2D eigenvalue weighted by Crippen LogP contribution is -2.32. The Kier molecular flexibility index (Phi) is 6.87. The van der Waals surface area contributed by atoms with Gasteiger partial charge in [-0.2, -0.15) is 13.2 Å². The number of aryl methyl sites for hydroxylation is 1. The molecule has 5 heteroatoms. The van der Waals surface area contributed by atoms with Gasteiger partial charge < -0.3 is 10.1 Å². The molecule has 0 aliphatic heterocycles. The number of alkyl halides is 3. The van der Waals surface area contributed by atoms with Crippen LogP contribution < -0.4 is 5.32 Å². The molecule has 0 bridgehead atoms. The van der Waals surface area contributed by atoms with E-state index < -0.39 is 12.8 Å². The van der Waals surface area contributed by atoms with Crippen LogP contribution in [0.25, 0.3) is 0 Å². The minimum Gasteiger partial charge on any atom is -0.370 e. The highest BCUT2D eigenvalue weighted by molar-refractivity contribution is 5.14. The Morgan fingerprint density at radius 3 is 2.47 bits per heavy atom. The number of ether oxygens (including phenoxy) is 1. The molecule has 0 aromatic heterocycles. The molecule has 0 aliphatic rings. The van der Waals surface area contributed by atoms with Crippen LogP contribution in [-0.2, 0) is 11.2 Å². The molecule has 1 N–H and O–H groups in total. The number of halogens is 3. The highest BCUT2D eigenvalue weighted by atomic mass is 19.4. The number of rotatable bonds is 8. The van der Waals surface area contributed by atoms with Gasteiger partial charge in [0.05, 0.1) is 6.61 Å². The first kappa shape index (κ1) is 16.0. The van der Waals surface area contributed by atoms with E-state index in [-0.39, 0.29) is 12.6 Å². The van der Waals surface area contributed by atoms with Gasteiger partial charge in [0.2, 0.25) is 0 Å². The van der Waals surface area contributed by atoms with Crippen LogP contribution >= 0.6 is 0 Å². The average molecular weight is 275 g/mol. The molecule has 0 fully saturated rings. The Balaban J connectivity index is 2.18. The maximum Gasteiger partial charge on any atom is 0.411 e. The molecule has 1 aromatic rings. The lowest BCUT2D eigenvalue weighted by molar-refractivity contribution is -0.175. The quantitative estimate of drug-likeness (QED) is 0.787. The summed E-state index contributed by atoms with van der Waals surface area (Å²) in [4.78, 5) is 0. The van der Waals surface area contributed by atoms with Crippen LogP contribution in [0.4, 0.5) is 13.2 Å². The van der Waals surface area contributed by atoms with Gasteiger partial charge in [-0.1, -0.05) is 30.3 Å². The van der Waals surface area contributed by atoms with Crippen molar-refractivity contribution in [3.8, 4) is 0 Å². The van der Waals surface area contributed by atoms with E-state index >= 15 is 0 Å². The van der Waals surface area contributed by atoms with Gasteiger partial charge >= 0.3 is 6.18 Å². The van der Waals surface area contributed by atoms with Crippen molar-refractivity contribution in [1.29, 1.82) is 0 Å². The largest absolute Gasteiger partial charge is 0.411 e. The lowest BCUT2D eigenvalue weighted by atomic mass is 10.1. The first-order valence-corrected chi connectivity index (χ1v) is 6.37. The molecule has 108 valence electrons. The molecule has 1 unspecified atom stereocenters. The van der Waals surface area contributed by atoms with Crippen molar-refractivity contribution in [3.05, 3.63) is 35.9 Å². The first-order chi connectivity index (χ1) is 9.01. The zero-order chi connectivity index (χ0) is 14.1. The Labute approximate surface area is 112 Å². The average Bonchev–Trinajstić information content (AvgIpc) is 2.37. The summed E-state index contributed by atoms with van der Waals surface area (Å²) in [5.41, 5.74) is 1.24. The van der Waals surface area contributed by atoms with Gasteiger partial charge in [0, 0.05) is 6.04 Å². The molecular weight excluding hydrogens is 255 g/mol. The minimum atomic E-state index is -4.25. The number of nitrogens with one attached hydrogen (secondary N) is 1. The molecule has 0 radical (unpaired) electrons. The zero-order valence-electron chi connectivity index (χ0n) is 11.0. The number of benzene rings is 1. The third-order valence-electron chi connectivity index (χ3n) is 2.85. The van der Waals surface area contributed by atoms with Crippen LogP contribution in [-0.4, -0.2) is 32.5 Å². The maximum absolute atomic E-state index is 11.9. The Hall–Kier alpha value is -1.07. The molecule has 0 heterocycles. The Morgan fingerprint density at radius 2 is 1.89 bits per heavy atom. The van der Waals surface area contributed by atoms with E-state index in [0.717, 1.165) is 19.3 Å². The number of likely N-dealkylation sites (N-methyl/N-ethyl adjacent to an activating group) is 1. The summed E-state index contributed by atoms with van der Waals surface area (Å²) in [5, 5.41) is 2.98. The summed E-state index contributed by atoms with van der Waals surface area (Å²) in [6.45, 7) is -1.09. The number of hydrogen-bond donors (Lipinski definition) is 1. The maximum atomic E-state index is 11.9. The van der Waals surface area contributed by atoms with E-state index in [2.05, 4.69) is 22.2 Å². The van der Waals surface area contributed by atoms with Gasteiger partial charge in [0.1, 0.15) is 6.61 Å². The van der Waals surface area contributed by atoms with Crippen molar-refractivity contribution in [2.45, 2.75) is 31.5 Å². The standard InChI is InChI=1S/C14H20F3NO/c1-18-13(10-19-11-14(15,16)17)9-5-8-12-6-3-2-4-7-12/h2-4,6-7,13,18H,5,8-11H2,1H3. The van der Waals surface area contributed by atoms with E-state index in [0.29, 0.717) is 0 Å². The normalized spacial score (nSPS) is 13.5. The van der Waals surface area contributed by atoms with E-state index in [1.807, 2.05) is 18.2 Å². The van der Waals surface area contributed by atoms with E-state index in [1.54, 1.807) is 7.05 Å². The summed E-state index contributed by atoms with van der Waals surface area (Å²) in [5.74, 6) is 0. The second kappa shape index (κ2) is 8.17. The van der Waals surface area contributed by atoms with Crippen molar-refractivity contribution >= 4 is 0 Å². The Morgan fingerprint density at radius 1 is 1.21 bits per heavy atom. The fourth-order valence-electron chi connectivity index (χ4n) is 1.83. The zero-order valence-corrected chi connectivity index (χ0v) is 11.0. The van der Waals surface area contributed by atoms with Gasteiger partial charge in [-0.15, -0.1) is 0 Å². The van der Waals surface area contributed by atoms with Gasteiger partial charge in [-0.05, 0) is 31.9 Å². The molecule has 0 amide bonds. The van der Waals surface area contributed by atoms with E-state index in [4.69, 9.17) is 0 Å². The van der Waals surface area contributed by atoms with Crippen molar-refractivity contribution in [2.75, 3.05) is 20.3 Å². The third kappa shape index (κ3) is 7.85. The van der Waals surface area contributed by atoms with Crippen LogP contribution in [0, 0.1) is 0 Å². The van der Waals surface area contributed by atoms with E-state index in [1.165, 1.54) is 5.56 Å². The van der Waals surface area contributed by atoms with Crippen LogP contribution in [0.3, 0.4) is 0 Å². The second-order valence-electron chi connectivity index (χ2n) is 4.49. The van der Waals surface area contributed by atoms with Crippen LogP contribution in [0.5, 0.6) is 0 Å². The molecule has 1 aromatic carbocycles. The summed E-state index contributed by atoms with van der Waals surface area (Å²) in [7, 11) is 1.74. The SMILES string of the molecule is CNC(CCCc1ccccc1)COCC(F)(F)F. The monoisotopic (exact) mass is 275 g/mol. The molecule has 0 spiro atoms. The van der Waals surface area contributed by atoms with Crippen LogP contribution in [0.15, 0.2) is 30.3 Å². The third-order valence-corrected chi connectivity index (χ3v) is 2.85. The van der Waals surface area contributed by atoms with Crippen LogP contribution in [0.2, 0.25) is 0 Å². The molecule has 1 rings (SSSR count). The summed E-state index contributed by atoms with van der Waals surface area (Å²) in [6, 6.07) is 9.99. The summed E-state index contributed by atoms with van der Waals surface area (Å²) in [6.07, 6.45) is -1.60. The molecule has 1 atom stereocenters. The molecular formula is C14H20F3NO. The fraction of sp³-hybridized carbons (Fsp3) is 0.571. The number of hydrogen-bond acceptors (Lipinski definition) is 2. The highest BCUT2D eigenvalue weighted by Crippen LogP contribution is 2.15. The predicted molar refractivity (Wildman–Crippen MR) is 69.1 cm³/mol.